The molecule has 0 atom stereocenters. The number of aromatic nitrogens is 3. The van der Waals surface area contributed by atoms with Crippen molar-refractivity contribution in [3.05, 3.63) is 29.0 Å². The molecule has 0 radical (unpaired) electrons. The molecule has 3 heterocycles. The Balaban J connectivity index is 1.62. The summed E-state index contributed by atoms with van der Waals surface area (Å²) in [4.78, 5) is 24.5. The number of carbonyl (C=O) groups excluding carboxylic acids is 2. The fourth-order valence-electron chi connectivity index (χ4n) is 3.16. The van der Waals surface area contributed by atoms with Crippen LogP contribution in [-0.2, 0) is 19.4 Å². The Kier molecular flexibility index (Phi) is 3.06. The lowest BCUT2D eigenvalue weighted by atomic mass is 9.94. The van der Waals surface area contributed by atoms with Crippen LogP contribution in [0.1, 0.15) is 58.0 Å². The Morgan fingerprint density at radius 3 is 3.00 bits per heavy atom. The summed E-state index contributed by atoms with van der Waals surface area (Å²) in [5.74, 6) is 1.57. The minimum Gasteiger partial charge on any atom is -0.468 e. The number of ketones is 1. The first-order valence-electron chi connectivity index (χ1n) is 7.61. The lowest BCUT2D eigenvalue weighted by Gasteiger charge is -2.15. The maximum atomic E-state index is 12.5. The van der Waals surface area contributed by atoms with Crippen LogP contribution in [0.15, 0.2) is 10.7 Å². The molecule has 1 N–H and O–H groups in total. The molecule has 2 aromatic rings. The summed E-state index contributed by atoms with van der Waals surface area (Å²) in [5, 5.41) is 10.9. The number of nitrogens with one attached hydrogen (secondary N) is 1. The number of Topliss-reactive ketones (excluding diaryl/α,β-unsaturated/α-hetero) is 1. The number of amides is 1. The Morgan fingerprint density at radius 2 is 2.09 bits per heavy atom. The summed E-state index contributed by atoms with van der Waals surface area (Å²) in [6.45, 7) is 0.806. The molecule has 7 nitrogen and oxygen atoms in total. The van der Waals surface area contributed by atoms with Gasteiger partial charge in [-0.3, -0.25) is 19.5 Å². The first-order valence-corrected chi connectivity index (χ1v) is 7.61. The van der Waals surface area contributed by atoms with E-state index >= 15 is 0 Å². The Morgan fingerprint density at radius 1 is 1.18 bits per heavy atom. The van der Waals surface area contributed by atoms with Crippen molar-refractivity contribution >= 4 is 17.6 Å². The number of aryl methyl sites for hydroxylation is 2. The molecule has 0 spiro atoms. The maximum Gasteiger partial charge on any atom is 0.262 e. The van der Waals surface area contributed by atoms with E-state index in [4.69, 9.17) is 4.42 Å². The van der Waals surface area contributed by atoms with Crippen LogP contribution < -0.4 is 5.32 Å². The zero-order valence-electron chi connectivity index (χ0n) is 12.1. The number of furan rings is 1. The first kappa shape index (κ1) is 13.2. The smallest absolute Gasteiger partial charge is 0.262 e. The highest BCUT2D eigenvalue weighted by atomic mass is 16.3. The van der Waals surface area contributed by atoms with Gasteiger partial charge < -0.3 is 4.42 Å². The monoisotopic (exact) mass is 300 g/mol. The van der Waals surface area contributed by atoms with E-state index in [1.54, 1.807) is 0 Å². The van der Waals surface area contributed by atoms with Gasteiger partial charge in [0.1, 0.15) is 17.8 Å². The standard InChI is InChI=1S/C15H16N4O3/c20-10-4-3-5-11-13(10)9(8-22-11)14(21)16-15-18-17-12-6-1-2-7-19(12)15/h8H,1-7H2,(H,16,18,21). The van der Waals surface area contributed by atoms with Crippen molar-refractivity contribution in [1.82, 2.24) is 14.8 Å². The van der Waals surface area contributed by atoms with E-state index in [2.05, 4.69) is 15.5 Å². The van der Waals surface area contributed by atoms with E-state index in [0.717, 1.165) is 38.1 Å². The van der Waals surface area contributed by atoms with Crippen LogP contribution in [0, 0.1) is 0 Å². The number of hydrogen-bond acceptors (Lipinski definition) is 5. The summed E-state index contributed by atoms with van der Waals surface area (Å²) >= 11 is 0. The first-order chi connectivity index (χ1) is 10.7. The quantitative estimate of drug-likeness (QED) is 0.915. The summed E-state index contributed by atoms with van der Waals surface area (Å²) in [6, 6.07) is 0. The average molecular weight is 300 g/mol. The van der Waals surface area contributed by atoms with Gasteiger partial charge in [0.05, 0.1) is 11.1 Å². The van der Waals surface area contributed by atoms with Gasteiger partial charge in [0.15, 0.2) is 5.78 Å². The third kappa shape index (κ3) is 2.04. The van der Waals surface area contributed by atoms with Gasteiger partial charge in [-0.1, -0.05) is 0 Å². The Bertz CT molecular complexity index is 759. The highest BCUT2D eigenvalue weighted by molar-refractivity contribution is 6.13. The molecule has 2 aromatic heterocycles. The van der Waals surface area contributed by atoms with Crippen LogP contribution in [0.2, 0.25) is 0 Å². The molecule has 4 rings (SSSR count). The van der Waals surface area contributed by atoms with Gasteiger partial charge in [-0.25, -0.2) is 0 Å². The second kappa shape index (κ2) is 5.08. The summed E-state index contributed by atoms with van der Waals surface area (Å²) < 4.78 is 7.31. The summed E-state index contributed by atoms with van der Waals surface area (Å²) in [5.41, 5.74) is 0.731. The van der Waals surface area contributed by atoms with E-state index in [0.29, 0.717) is 35.7 Å². The van der Waals surface area contributed by atoms with E-state index < -0.39 is 0 Å². The molecule has 2 aliphatic rings. The molecule has 0 saturated carbocycles. The second-order valence-corrected chi connectivity index (χ2v) is 5.73. The molecular weight excluding hydrogens is 284 g/mol. The van der Waals surface area contributed by atoms with Crippen LogP contribution in [0.5, 0.6) is 0 Å². The second-order valence-electron chi connectivity index (χ2n) is 5.73. The zero-order chi connectivity index (χ0) is 15.1. The van der Waals surface area contributed by atoms with Crippen molar-refractivity contribution in [1.29, 1.82) is 0 Å². The summed E-state index contributed by atoms with van der Waals surface area (Å²) in [7, 11) is 0. The third-order valence-electron chi connectivity index (χ3n) is 4.28. The van der Waals surface area contributed by atoms with Gasteiger partial charge in [-0.2, -0.15) is 0 Å². The lowest BCUT2D eigenvalue weighted by Crippen LogP contribution is -2.21. The Hall–Kier alpha value is -2.44. The number of fused-ring (bicyclic) bond motifs is 2. The van der Waals surface area contributed by atoms with Crippen LogP contribution >= 0.6 is 0 Å². The molecule has 0 fully saturated rings. The fraction of sp³-hybridized carbons (Fsp3) is 0.467. The topological polar surface area (TPSA) is 90.0 Å². The normalized spacial score (nSPS) is 17.0. The molecule has 7 heteroatoms. The molecule has 0 unspecified atom stereocenters. The number of anilines is 1. The van der Waals surface area contributed by atoms with Crippen LogP contribution in [0.3, 0.4) is 0 Å². The lowest BCUT2D eigenvalue weighted by molar-refractivity contribution is 0.0954. The zero-order valence-corrected chi connectivity index (χ0v) is 12.1. The van der Waals surface area contributed by atoms with Crippen molar-refractivity contribution < 1.29 is 14.0 Å². The van der Waals surface area contributed by atoms with Crippen LogP contribution in [0.4, 0.5) is 5.95 Å². The fourth-order valence-corrected chi connectivity index (χ4v) is 3.16. The SMILES string of the molecule is O=C(Nc1nnc2n1CCCC2)c1coc2c1C(=O)CCC2. The van der Waals surface area contributed by atoms with Crippen molar-refractivity contribution in [3.63, 3.8) is 0 Å². The van der Waals surface area contributed by atoms with Crippen molar-refractivity contribution in [2.24, 2.45) is 0 Å². The minimum absolute atomic E-state index is 0.0246. The van der Waals surface area contributed by atoms with Gasteiger partial charge in [0, 0.05) is 25.8 Å². The predicted molar refractivity (Wildman–Crippen MR) is 76.9 cm³/mol. The highest BCUT2D eigenvalue weighted by Crippen LogP contribution is 2.27. The minimum atomic E-state index is -0.360. The molecule has 1 aliphatic carbocycles. The third-order valence-corrected chi connectivity index (χ3v) is 4.28. The van der Waals surface area contributed by atoms with Crippen LogP contribution in [-0.4, -0.2) is 26.5 Å². The molecule has 0 aromatic carbocycles. The number of hydrogen-bond donors (Lipinski definition) is 1. The summed E-state index contributed by atoms with van der Waals surface area (Å²) in [6.07, 6.45) is 6.34. The molecular formula is C15H16N4O3. The maximum absolute atomic E-state index is 12.5. The Labute approximate surface area is 126 Å². The van der Waals surface area contributed by atoms with E-state index in [-0.39, 0.29) is 11.7 Å². The average Bonchev–Trinajstić information content (AvgIpc) is 3.13. The molecule has 22 heavy (non-hydrogen) atoms. The van der Waals surface area contributed by atoms with E-state index in [9.17, 15) is 9.59 Å². The molecule has 0 bridgehead atoms. The van der Waals surface area contributed by atoms with Gasteiger partial charge in [-0.05, 0) is 19.3 Å². The van der Waals surface area contributed by atoms with E-state index in [1.807, 2.05) is 4.57 Å². The molecule has 1 aliphatic heterocycles. The molecule has 0 saturated heterocycles. The van der Waals surface area contributed by atoms with Gasteiger partial charge in [0.25, 0.3) is 5.91 Å². The molecule has 1 amide bonds. The van der Waals surface area contributed by atoms with Crippen molar-refractivity contribution in [2.45, 2.75) is 45.1 Å². The van der Waals surface area contributed by atoms with Crippen molar-refractivity contribution in [3.8, 4) is 0 Å². The van der Waals surface area contributed by atoms with Gasteiger partial charge in [0.2, 0.25) is 5.95 Å². The number of nitrogens with zero attached hydrogens (tertiary/aromatic N) is 3. The van der Waals surface area contributed by atoms with Gasteiger partial charge in [-0.15, -0.1) is 10.2 Å². The van der Waals surface area contributed by atoms with E-state index in [1.165, 1.54) is 6.26 Å². The van der Waals surface area contributed by atoms with Gasteiger partial charge >= 0.3 is 0 Å². The highest BCUT2D eigenvalue weighted by Gasteiger charge is 2.28. The number of rotatable bonds is 2. The van der Waals surface area contributed by atoms with Crippen LogP contribution in [0.25, 0.3) is 0 Å². The van der Waals surface area contributed by atoms with Crippen molar-refractivity contribution in [2.75, 3.05) is 5.32 Å². The predicted octanol–water partition coefficient (Wildman–Crippen LogP) is 1.98. The largest absolute Gasteiger partial charge is 0.468 e. The number of carbonyl (C=O) groups is 2. The molecule has 114 valence electrons.